The highest BCUT2D eigenvalue weighted by atomic mass is 16.1. The van der Waals surface area contributed by atoms with Crippen molar-refractivity contribution < 1.29 is 4.79 Å². The number of anilines is 1. The molecule has 0 saturated carbocycles. The number of nitrogens with one attached hydrogen (secondary N) is 2. The standard InChI is InChI=1S/C17H28N2O/c1-2-3-4-5-9-13-17(20)19-15-10-14-18-16-11-7-6-8-12-16/h6-8,11-12,18H,2-5,9-10,13-15H2,1H3,(H,19,20). The summed E-state index contributed by atoms with van der Waals surface area (Å²) in [5, 5.41) is 6.31. The summed E-state index contributed by atoms with van der Waals surface area (Å²) in [7, 11) is 0. The minimum absolute atomic E-state index is 0.196. The molecule has 0 aromatic heterocycles. The van der Waals surface area contributed by atoms with Crippen LogP contribution in [0.1, 0.15) is 51.9 Å². The van der Waals surface area contributed by atoms with E-state index in [1.807, 2.05) is 18.2 Å². The van der Waals surface area contributed by atoms with Gasteiger partial charge in [-0.25, -0.2) is 0 Å². The van der Waals surface area contributed by atoms with E-state index in [4.69, 9.17) is 0 Å². The van der Waals surface area contributed by atoms with Crippen molar-refractivity contribution in [2.45, 2.75) is 51.9 Å². The largest absolute Gasteiger partial charge is 0.385 e. The first-order chi connectivity index (χ1) is 9.83. The van der Waals surface area contributed by atoms with Crippen molar-refractivity contribution in [2.75, 3.05) is 18.4 Å². The molecule has 1 aromatic carbocycles. The number of amides is 1. The molecule has 0 atom stereocenters. The number of para-hydroxylation sites is 1. The van der Waals surface area contributed by atoms with Crippen molar-refractivity contribution in [1.29, 1.82) is 0 Å². The first-order valence-electron chi connectivity index (χ1n) is 7.88. The van der Waals surface area contributed by atoms with Gasteiger partial charge in [0.25, 0.3) is 0 Å². The molecule has 20 heavy (non-hydrogen) atoms. The maximum atomic E-state index is 11.6. The number of hydrogen-bond acceptors (Lipinski definition) is 2. The van der Waals surface area contributed by atoms with Gasteiger partial charge in [-0.2, -0.15) is 0 Å². The molecule has 0 aliphatic carbocycles. The normalized spacial score (nSPS) is 10.2. The lowest BCUT2D eigenvalue weighted by molar-refractivity contribution is -0.121. The van der Waals surface area contributed by atoms with E-state index in [1.54, 1.807) is 0 Å². The van der Waals surface area contributed by atoms with E-state index < -0.39 is 0 Å². The number of carbonyl (C=O) groups excluding carboxylic acids is 1. The summed E-state index contributed by atoms with van der Waals surface area (Å²) in [6.45, 7) is 3.85. The van der Waals surface area contributed by atoms with Gasteiger partial charge in [0.05, 0.1) is 0 Å². The van der Waals surface area contributed by atoms with E-state index in [2.05, 4.69) is 29.7 Å². The van der Waals surface area contributed by atoms with E-state index in [0.717, 1.165) is 31.6 Å². The third kappa shape index (κ3) is 8.57. The third-order valence-electron chi connectivity index (χ3n) is 3.29. The molecule has 0 fully saturated rings. The Balaban J connectivity index is 1.91. The SMILES string of the molecule is CCCCCCCC(=O)NCCCNc1ccccc1. The molecule has 0 heterocycles. The second-order valence-corrected chi connectivity index (χ2v) is 5.16. The molecule has 0 aliphatic rings. The highest BCUT2D eigenvalue weighted by Crippen LogP contribution is 2.05. The summed E-state index contributed by atoms with van der Waals surface area (Å²) in [5.41, 5.74) is 1.13. The van der Waals surface area contributed by atoms with Crippen molar-refractivity contribution in [3.8, 4) is 0 Å². The number of rotatable bonds is 11. The maximum Gasteiger partial charge on any atom is 0.219 e. The summed E-state index contributed by atoms with van der Waals surface area (Å²) >= 11 is 0. The van der Waals surface area contributed by atoms with Gasteiger partial charge in [-0.15, -0.1) is 0 Å². The van der Waals surface area contributed by atoms with Gasteiger partial charge in [0.2, 0.25) is 5.91 Å². The second-order valence-electron chi connectivity index (χ2n) is 5.16. The molecule has 3 nitrogen and oxygen atoms in total. The zero-order valence-corrected chi connectivity index (χ0v) is 12.7. The van der Waals surface area contributed by atoms with Crippen LogP contribution < -0.4 is 10.6 Å². The van der Waals surface area contributed by atoms with Gasteiger partial charge in [-0.05, 0) is 25.0 Å². The Labute approximate surface area is 123 Å². The van der Waals surface area contributed by atoms with Crippen LogP contribution in [-0.4, -0.2) is 19.0 Å². The van der Waals surface area contributed by atoms with Crippen molar-refractivity contribution in [3.63, 3.8) is 0 Å². The van der Waals surface area contributed by atoms with E-state index in [1.165, 1.54) is 25.7 Å². The van der Waals surface area contributed by atoms with Crippen LogP contribution in [0.5, 0.6) is 0 Å². The van der Waals surface area contributed by atoms with E-state index in [0.29, 0.717) is 6.42 Å². The minimum Gasteiger partial charge on any atom is -0.385 e. The first kappa shape index (κ1) is 16.5. The zero-order valence-electron chi connectivity index (χ0n) is 12.7. The predicted octanol–water partition coefficient (Wildman–Crippen LogP) is 3.97. The Morgan fingerprint density at radius 2 is 1.70 bits per heavy atom. The van der Waals surface area contributed by atoms with Crippen LogP contribution in [-0.2, 0) is 4.79 Å². The van der Waals surface area contributed by atoms with Gasteiger partial charge < -0.3 is 10.6 Å². The summed E-state index contributed by atoms with van der Waals surface area (Å²) < 4.78 is 0. The first-order valence-corrected chi connectivity index (χ1v) is 7.88. The quantitative estimate of drug-likeness (QED) is 0.601. The van der Waals surface area contributed by atoms with Gasteiger partial charge in [-0.3, -0.25) is 4.79 Å². The highest BCUT2D eigenvalue weighted by molar-refractivity contribution is 5.75. The van der Waals surface area contributed by atoms with Crippen LogP contribution in [0.2, 0.25) is 0 Å². The van der Waals surface area contributed by atoms with Crippen molar-refractivity contribution in [2.24, 2.45) is 0 Å². The fourth-order valence-electron chi connectivity index (χ4n) is 2.08. The molecule has 112 valence electrons. The Bertz CT molecular complexity index is 351. The molecular formula is C17H28N2O. The molecule has 1 amide bonds. The topological polar surface area (TPSA) is 41.1 Å². The fraction of sp³-hybridized carbons (Fsp3) is 0.588. The average molecular weight is 276 g/mol. The molecule has 0 radical (unpaired) electrons. The lowest BCUT2D eigenvalue weighted by atomic mass is 10.1. The molecule has 1 aromatic rings. The van der Waals surface area contributed by atoms with E-state index in [-0.39, 0.29) is 5.91 Å². The smallest absolute Gasteiger partial charge is 0.219 e. The molecule has 0 unspecified atom stereocenters. The van der Waals surface area contributed by atoms with Gasteiger partial charge in [0.1, 0.15) is 0 Å². The molecular weight excluding hydrogens is 248 g/mol. The van der Waals surface area contributed by atoms with Crippen LogP contribution in [0.15, 0.2) is 30.3 Å². The fourth-order valence-corrected chi connectivity index (χ4v) is 2.08. The van der Waals surface area contributed by atoms with Gasteiger partial charge in [0, 0.05) is 25.2 Å². The van der Waals surface area contributed by atoms with Crippen LogP contribution in [0, 0.1) is 0 Å². The van der Waals surface area contributed by atoms with Crippen molar-refractivity contribution >= 4 is 11.6 Å². The third-order valence-corrected chi connectivity index (χ3v) is 3.29. The maximum absolute atomic E-state index is 11.6. The summed E-state index contributed by atoms with van der Waals surface area (Å²) in [4.78, 5) is 11.6. The monoisotopic (exact) mass is 276 g/mol. The van der Waals surface area contributed by atoms with Crippen LogP contribution in [0.4, 0.5) is 5.69 Å². The minimum atomic E-state index is 0.196. The van der Waals surface area contributed by atoms with Crippen molar-refractivity contribution in [1.82, 2.24) is 5.32 Å². The number of carbonyl (C=O) groups is 1. The lowest BCUT2D eigenvalue weighted by Crippen LogP contribution is -2.25. The van der Waals surface area contributed by atoms with Crippen LogP contribution in [0.3, 0.4) is 0 Å². The Kier molecular flexibility index (Phi) is 9.37. The summed E-state index contributed by atoms with van der Waals surface area (Å²) in [6, 6.07) is 10.1. The molecule has 0 bridgehead atoms. The van der Waals surface area contributed by atoms with E-state index in [9.17, 15) is 4.79 Å². The van der Waals surface area contributed by atoms with E-state index >= 15 is 0 Å². The van der Waals surface area contributed by atoms with Crippen LogP contribution in [0.25, 0.3) is 0 Å². The second kappa shape index (κ2) is 11.3. The average Bonchev–Trinajstić information content (AvgIpc) is 2.48. The molecule has 0 saturated heterocycles. The Morgan fingerprint density at radius 3 is 2.45 bits per heavy atom. The highest BCUT2D eigenvalue weighted by Gasteiger charge is 2.00. The summed E-state index contributed by atoms with van der Waals surface area (Å²) in [6.07, 6.45) is 7.62. The predicted molar refractivity (Wildman–Crippen MR) is 85.9 cm³/mol. The Hall–Kier alpha value is -1.51. The lowest BCUT2D eigenvalue weighted by Gasteiger charge is -2.07. The summed E-state index contributed by atoms with van der Waals surface area (Å²) in [5.74, 6) is 0.196. The molecule has 3 heteroatoms. The number of hydrogen-bond donors (Lipinski definition) is 2. The molecule has 0 aliphatic heterocycles. The van der Waals surface area contributed by atoms with Gasteiger partial charge in [-0.1, -0.05) is 50.8 Å². The molecule has 1 rings (SSSR count). The molecule has 2 N–H and O–H groups in total. The number of benzene rings is 1. The number of unbranched alkanes of at least 4 members (excludes halogenated alkanes) is 4. The van der Waals surface area contributed by atoms with Crippen LogP contribution >= 0.6 is 0 Å². The molecule has 0 spiro atoms. The zero-order chi connectivity index (χ0) is 14.5. The van der Waals surface area contributed by atoms with Crippen molar-refractivity contribution in [3.05, 3.63) is 30.3 Å². The van der Waals surface area contributed by atoms with Gasteiger partial charge in [0.15, 0.2) is 0 Å². The van der Waals surface area contributed by atoms with Gasteiger partial charge >= 0.3 is 0 Å². The Morgan fingerprint density at radius 1 is 0.950 bits per heavy atom.